The second kappa shape index (κ2) is 12.5. The van der Waals surface area contributed by atoms with Crippen molar-refractivity contribution < 1.29 is 49.0 Å². The predicted octanol–water partition coefficient (Wildman–Crippen LogP) is -0.155. The molecule has 0 aliphatic carbocycles. The maximum atomic E-state index is 13.0. The van der Waals surface area contributed by atoms with E-state index in [4.69, 9.17) is 4.74 Å². The van der Waals surface area contributed by atoms with Gasteiger partial charge in [-0.1, -0.05) is 61.9 Å². The maximum Gasteiger partial charge on any atom is 1.00 e. The Morgan fingerprint density at radius 1 is 1.03 bits per heavy atom. The molecule has 0 saturated heterocycles. The van der Waals surface area contributed by atoms with E-state index in [0.717, 1.165) is 24.0 Å². The van der Waals surface area contributed by atoms with Gasteiger partial charge >= 0.3 is 35.5 Å². The van der Waals surface area contributed by atoms with Gasteiger partial charge in [-0.15, -0.1) is 0 Å². The molecule has 8 heteroatoms. The Hall–Kier alpha value is -2.74. The molecular weight excluding hydrogens is 431 g/mol. The van der Waals surface area contributed by atoms with Gasteiger partial charge in [-0.05, 0) is 30.0 Å². The molecule has 0 aliphatic rings. The van der Waals surface area contributed by atoms with Crippen molar-refractivity contribution in [2.45, 2.75) is 39.7 Å². The van der Waals surface area contributed by atoms with E-state index in [1.54, 1.807) is 37.3 Å². The number of benzene rings is 2. The summed E-state index contributed by atoms with van der Waals surface area (Å²) in [6, 6.07) is 13.9. The van der Waals surface area contributed by atoms with Crippen LogP contribution in [0.2, 0.25) is 0 Å². The smallest absolute Gasteiger partial charge is 0.545 e. The number of carboxylic acid groups (broad SMARTS) is 1. The molecule has 7 nitrogen and oxygen atoms in total. The number of ether oxygens (including phenoxy) is 1. The van der Waals surface area contributed by atoms with Crippen molar-refractivity contribution in [3.8, 4) is 11.1 Å². The summed E-state index contributed by atoms with van der Waals surface area (Å²) >= 11 is 0. The Bertz CT molecular complexity index is 1170. The molecule has 0 bridgehead atoms. The largest absolute Gasteiger partial charge is 1.00 e. The number of carbonyl (C=O) groups is 2. The molecule has 1 aromatic heterocycles. The molecule has 2 aromatic carbocycles. The first-order chi connectivity index (χ1) is 15.5. The molecule has 0 saturated carbocycles. The van der Waals surface area contributed by atoms with Gasteiger partial charge in [-0.3, -0.25) is 9.36 Å². The van der Waals surface area contributed by atoms with Crippen molar-refractivity contribution in [2.24, 2.45) is 0 Å². The first-order valence-corrected chi connectivity index (χ1v) is 10.6. The summed E-state index contributed by atoms with van der Waals surface area (Å²) in [5.41, 5.74) is 1.70. The molecule has 166 valence electrons. The summed E-state index contributed by atoms with van der Waals surface area (Å²) in [5.74, 6) is -1.31. The standard InChI is InChI=1S/C25H26N2O5.Na/c1-3-5-10-22-26-15-21(25(31)32-4-2)23(28)27(22)16-17-11-13-18(14-12-17)19-8-6-7-9-20(19)24(29)30;/h6-9,11-15H,3-5,10,16H2,1-2H3,(H,29,30);/q;+1/p-1. The van der Waals surface area contributed by atoms with E-state index < -0.39 is 17.5 Å². The van der Waals surface area contributed by atoms with Gasteiger partial charge in [0, 0.05) is 18.2 Å². The van der Waals surface area contributed by atoms with Crippen molar-refractivity contribution in [2.75, 3.05) is 6.61 Å². The molecule has 0 atom stereocenters. The average Bonchev–Trinajstić information content (AvgIpc) is 2.80. The second-order valence-electron chi connectivity index (χ2n) is 7.33. The minimum atomic E-state index is -1.24. The predicted molar refractivity (Wildman–Crippen MR) is 118 cm³/mol. The number of hydrogen-bond donors (Lipinski definition) is 0. The summed E-state index contributed by atoms with van der Waals surface area (Å²) in [6.07, 6.45) is 3.72. The Morgan fingerprint density at radius 2 is 1.73 bits per heavy atom. The third-order valence-corrected chi connectivity index (χ3v) is 5.13. The van der Waals surface area contributed by atoms with Crippen molar-refractivity contribution in [3.05, 3.63) is 87.6 Å². The molecule has 0 radical (unpaired) electrons. The molecule has 0 aliphatic heterocycles. The minimum Gasteiger partial charge on any atom is -0.545 e. The van der Waals surface area contributed by atoms with E-state index in [0.29, 0.717) is 17.8 Å². The molecule has 0 fully saturated rings. The molecule has 0 spiro atoms. The molecule has 3 rings (SSSR count). The normalized spacial score (nSPS) is 10.4. The molecule has 1 heterocycles. The molecule has 0 amide bonds. The van der Waals surface area contributed by atoms with Gasteiger partial charge < -0.3 is 14.6 Å². The zero-order valence-corrected chi connectivity index (χ0v) is 21.2. The Morgan fingerprint density at radius 3 is 2.36 bits per heavy atom. The van der Waals surface area contributed by atoms with Crippen molar-refractivity contribution in [1.82, 2.24) is 9.55 Å². The fourth-order valence-corrected chi connectivity index (χ4v) is 3.46. The monoisotopic (exact) mass is 456 g/mol. The fraction of sp³-hybridized carbons (Fsp3) is 0.280. The van der Waals surface area contributed by atoms with Crippen LogP contribution in [0, 0.1) is 0 Å². The van der Waals surface area contributed by atoms with Crippen LogP contribution in [0.4, 0.5) is 0 Å². The van der Waals surface area contributed by atoms with Crippen LogP contribution in [0.1, 0.15) is 58.8 Å². The summed E-state index contributed by atoms with van der Waals surface area (Å²) < 4.78 is 6.49. The fourth-order valence-electron chi connectivity index (χ4n) is 3.46. The van der Waals surface area contributed by atoms with Gasteiger partial charge in [-0.25, -0.2) is 9.78 Å². The second-order valence-corrected chi connectivity index (χ2v) is 7.33. The number of hydrogen-bond acceptors (Lipinski definition) is 6. The van der Waals surface area contributed by atoms with Crippen LogP contribution >= 0.6 is 0 Å². The number of carboxylic acids is 1. The SMILES string of the molecule is CCCCc1ncc(C(=O)OCC)c(=O)n1Cc1ccc(-c2ccccc2C(=O)[O-])cc1.[Na+]. The van der Waals surface area contributed by atoms with Crippen LogP contribution in [0.25, 0.3) is 11.1 Å². The van der Waals surface area contributed by atoms with Gasteiger partial charge in [0.2, 0.25) is 0 Å². The molecule has 0 N–H and O–H groups in total. The van der Waals surface area contributed by atoms with Crippen molar-refractivity contribution >= 4 is 11.9 Å². The van der Waals surface area contributed by atoms with E-state index >= 15 is 0 Å². The Labute approximate surface area is 214 Å². The summed E-state index contributed by atoms with van der Waals surface area (Å²) in [6.45, 7) is 4.14. The summed E-state index contributed by atoms with van der Waals surface area (Å²) in [4.78, 5) is 41.0. The maximum absolute atomic E-state index is 13.0. The van der Waals surface area contributed by atoms with Crippen LogP contribution in [0.3, 0.4) is 0 Å². The van der Waals surface area contributed by atoms with Crippen LogP contribution in [0.15, 0.2) is 59.5 Å². The van der Waals surface area contributed by atoms with E-state index in [1.807, 2.05) is 12.1 Å². The third-order valence-electron chi connectivity index (χ3n) is 5.13. The molecule has 0 unspecified atom stereocenters. The number of aromatic nitrogens is 2. The number of aromatic carboxylic acids is 1. The van der Waals surface area contributed by atoms with E-state index in [-0.39, 0.29) is 53.8 Å². The topological polar surface area (TPSA) is 101 Å². The molecule has 3 aromatic rings. The number of esters is 1. The van der Waals surface area contributed by atoms with Crippen LogP contribution in [0.5, 0.6) is 0 Å². The van der Waals surface area contributed by atoms with E-state index in [2.05, 4.69) is 11.9 Å². The molecular formula is C25H25N2NaO5. The van der Waals surface area contributed by atoms with Crippen LogP contribution in [-0.2, 0) is 17.7 Å². The summed E-state index contributed by atoms with van der Waals surface area (Å²) in [7, 11) is 0. The minimum absolute atomic E-state index is 0. The number of aryl methyl sites for hydroxylation is 1. The van der Waals surface area contributed by atoms with Crippen LogP contribution in [-0.4, -0.2) is 28.1 Å². The Kier molecular flexibility index (Phi) is 10.0. The quantitative estimate of drug-likeness (QED) is 0.328. The van der Waals surface area contributed by atoms with Gasteiger partial charge in [0.25, 0.3) is 5.56 Å². The van der Waals surface area contributed by atoms with Gasteiger partial charge in [0.1, 0.15) is 11.4 Å². The first-order valence-electron chi connectivity index (χ1n) is 10.6. The number of nitrogens with zero attached hydrogens (tertiary/aromatic N) is 2. The number of rotatable bonds is 9. The van der Waals surface area contributed by atoms with Crippen LogP contribution < -0.4 is 40.2 Å². The number of carbonyl (C=O) groups excluding carboxylic acids is 2. The van der Waals surface area contributed by atoms with Crippen molar-refractivity contribution in [3.63, 3.8) is 0 Å². The Balaban J connectivity index is 0.00000385. The van der Waals surface area contributed by atoms with Gasteiger partial charge in [0.15, 0.2) is 0 Å². The average molecular weight is 456 g/mol. The van der Waals surface area contributed by atoms with Crippen molar-refractivity contribution in [1.29, 1.82) is 0 Å². The zero-order valence-electron chi connectivity index (χ0n) is 19.2. The summed E-state index contributed by atoms with van der Waals surface area (Å²) in [5, 5.41) is 11.4. The van der Waals surface area contributed by atoms with E-state index in [9.17, 15) is 19.5 Å². The molecule has 33 heavy (non-hydrogen) atoms. The zero-order chi connectivity index (χ0) is 23.1. The first kappa shape index (κ1) is 26.5. The third kappa shape index (κ3) is 6.41. The van der Waals surface area contributed by atoms with Gasteiger partial charge in [0.05, 0.1) is 19.1 Å². The van der Waals surface area contributed by atoms with E-state index in [1.165, 1.54) is 16.8 Å². The van der Waals surface area contributed by atoms with Gasteiger partial charge in [-0.2, -0.15) is 0 Å². The number of unbranched alkanes of at least 4 members (excludes halogenated alkanes) is 1.